The van der Waals surface area contributed by atoms with Gasteiger partial charge in [-0.3, -0.25) is 4.79 Å². The average molecular weight is 361 g/mol. The summed E-state index contributed by atoms with van der Waals surface area (Å²) in [7, 11) is 0. The molecule has 1 amide bonds. The number of morpholine rings is 1. The molecule has 2 N–H and O–H groups in total. The lowest BCUT2D eigenvalue weighted by molar-refractivity contribution is -0.122. The smallest absolute Gasteiger partial charge is 0.221 e. The van der Waals surface area contributed by atoms with Crippen LogP contribution < -0.4 is 10.6 Å². The van der Waals surface area contributed by atoms with Gasteiger partial charge in [-0.25, -0.2) is 0 Å². The summed E-state index contributed by atoms with van der Waals surface area (Å²) in [5.74, 6) is 0.0563. The fourth-order valence-electron chi connectivity index (χ4n) is 2.89. The lowest BCUT2D eigenvalue weighted by atomic mass is 10.0. The molecule has 0 aromatic heterocycles. The van der Waals surface area contributed by atoms with Crippen LogP contribution in [0.4, 0.5) is 0 Å². The van der Waals surface area contributed by atoms with Gasteiger partial charge in [-0.2, -0.15) is 0 Å². The Morgan fingerprint density at radius 1 is 1.20 bits per heavy atom. The molecule has 0 bridgehead atoms. The van der Waals surface area contributed by atoms with Gasteiger partial charge in [0.2, 0.25) is 5.91 Å². The average Bonchev–Trinajstić information content (AvgIpc) is 2.61. The third-order valence-electron chi connectivity index (χ3n) is 4.23. The van der Waals surface area contributed by atoms with E-state index < -0.39 is 0 Å². The lowest BCUT2D eigenvalue weighted by Gasteiger charge is -2.23. The molecule has 3 rings (SSSR count). The molecule has 1 unspecified atom stereocenters. The number of hydrogen-bond acceptors (Lipinski definition) is 3. The normalized spacial score (nSPS) is 16.8. The first-order valence-corrected chi connectivity index (χ1v) is 8.44. The number of hydrogen-bond donors (Lipinski definition) is 2. The van der Waals surface area contributed by atoms with E-state index in [0.29, 0.717) is 19.6 Å². The van der Waals surface area contributed by atoms with Crippen molar-refractivity contribution in [2.75, 3.05) is 19.8 Å². The molecule has 25 heavy (non-hydrogen) atoms. The SMILES string of the molecule is Cc1cccc(-c2ccc(CNC(=O)CC3COCCN3)cc2)c1.Cl. The van der Waals surface area contributed by atoms with Crippen molar-refractivity contribution in [2.45, 2.75) is 25.9 Å². The predicted octanol–water partition coefficient (Wildman–Crippen LogP) is 3.08. The van der Waals surface area contributed by atoms with E-state index in [-0.39, 0.29) is 24.4 Å². The second kappa shape index (κ2) is 9.56. The van der Waals surface area contributed by atoms with Gasteiger partial charge in [0.1, 0.15) is 0 Å². The Balaban J connectivity index is 0.00000225. The van der Waals surface area contributed by atoms with Crippen molar-refractivity contribution in [3.63, 3.8) is 0 Å². The van der Waals surface area contributed by atoms with Crippen LogP contribution in [0, 0.1) is 6.92 Å². The molecule has 0 radical (unpaired) electrons. The van der Waals surface area contributed by atoms with Gasteiger partial charge < -0.3 is 15.4 Å². The van der Waals surface area contributed by atoms with E-state index >= 15 is 0 Å². The van der Waals surface area contributed by atoms with E-state index in [0.717, 1.165) is 18.7 Å². The molecule has 0 saturated carbocycles. The highest BCUT2D eigenvalue weighted by molar-refractivity contribution is 5.85. The van der Waals surface area contributed by atoms with Gasteiger partial charge in [0.25, 0.3) is 0 Å². The maximum Gasteiger partial charge on any atom is 0.221 e. The fraction of sp³-hybridized carbons (Fsp3) is 0.350. The van der Waals surface area contributed by atoms with E-state index in [1.54, 1.807) is 0 Å². The molecule has 4 nitrogen and oxygen atoms in total. The Bertz CT molecular complexity index is 682. The minimum Gasteiger partial charge on any atom is -0.378 e. The number of ether oxygens (including phenoxy) is 1. The van der Waals surface area contributed by atoms with E-state index in [4.69, 9.17) is 4.74 Å². The second-order valence-corrected chi connectivity index (χ2v) is 6.27. The number of amides is 1. The first-order chi connectivity index (χ1) is 11.7. The summed E-state index contributed by atoms with van der Waals surface area (Å²) in [5.41, 5.74) is 4.77. The van der Waals surface area contributed by atoms with Gasteiger partial charge >= 0.3 is 0 Å². The number of aryl methyl sites for hydroxylation is 1. The topological polar surface area (TPSA) is 50.4 Å². The zero-order valence-electron chi connectivity index (χ0n) is 14.5. The van der Waals surface area contributed by atoms with Crippen molar-refractivity contribution in [1.82, 2.24) is 10.6 Å². The molecule has 2 aromatic rings. The van der Waals surface area contributed by atoms with Gasteiger partial charge in [0.05, 0.1) is 13.2 Å². The standard InChI is InChI=1S/C20H24N2O2.ClH/c1-15-3-2-4-18(11-15)17-7-5-16(6-8-17)13-22-20(23)12-19-14-24-10-9-21-19;/h2-8,11,19,21H,9-10,12-14H2,1H3,(H,22,23);1H. The summed E-state index contributed by atoms with van der Waals surface area (Å²) in [4.78, 5) is 12.0. The second-order valence-electron chi connectivity index (χ2n) is 6.27. The first-order valence-electron chi connectivity index (χ1n) is 8.44. The Morgan fingerprint density at radius 3 is 2.68 bits per heavy atom. The van der Waals surface area contributed by atoms with Crippen LogP contribution in [0.5, 0.6) is 0 Å². The van der Waals surface area contributed by atoms with Crippen LogP contribution in [0.15, 0.2) is 48.5 Å². The molecule has 1 atom stereocenters. The van der Waals surface area contributed by atoms with Crippen molar-refractivity contribution in [3.05, 3.63) is 59.7 Å². The van der Waals surface area contributed by atoms with Crippen LogP contribution in [-0.4, -0.2) is 31.7 Å². The van der Waals surface area contributed by atoms with Crippen molar-refractivity contribution in [3.8, 4) is 11.1 Å². The molecule has 0 aliphatic carbocycles. The number of benzene rings is 2. The first kappa shape index (κ1) is 19.4. The van der Waals surface area contributed by atoms with Crippen LogP contribution in [0.2, 0.25) is 0 Å². The summed E-state index contributed by atoms with van der Waals surface area (Å²) in [6.07, 6.45) is 0.460. The van der Waals surface area contributed by atoms with Crippen LogP contribution >= 0.6 is 12.4 Å². The molecule has 1 fully saturated rings. The number of rotatable bonds is 5. The van der Waals surface area contributed by atoms with Gasteiger partial charge in [-0.15, -0.1) is 12.4 Å². The minimum absolute atomic E-state index is 0. The van der Waals surface area contributed by atoms with Crippen LogP contribution in [0.3, 0.4) is 0 Å². The van der Waals surface area contributed by atoms with Gasteiger partial charge in [-0.05, 0) is 23.6 Å². The molecule has 2 aromatic carbocycles. The maximum atomic E-state index is 12.0. The molecule has 134 valence electrons. The number of nitrogens with one attached hydrogen (secondary N) is 2. The highest BCUT2D eigenvalue weighted by atomic mass is 35.5. The van der Waals surface area contributed by atoms with Crippen molar-refractivity contribution in [2.24, 2.45) is 0 Å². The van der Waals surface area contributed by atoms with Gasteiger partial charge in [-0.1, -0.05) is 54.1 Å². The Kier molecular flexibility index (Phi) is 7.44. The summed E-state index contributed by atoms with van der Waals surface area (Å²) in [6, 6.07) is 16.9. The van der Waals surface area contributed by atoms with E-state index in [1.807, 2.05) is 0 Å². The van der Waals surface area contributed by atoms with E-state index in [9.17, 15) is 4.79 Å². The minimum atomic E-state index is 0. The lowest BCUT2D eigenvalue weighted by Crippen LogP contribution is -2.44. The monoisotopic (exact) mass is 360 g/mol. The van der Waals surface area contributed by atoms with Crippen LogP contribution in [0.25, 0.3) is 11.1 Å². The zero-order valence-corrected chi connectivity index (χ0v) is 15.3. The molecule has 5 heteroatoms. The molecular formula is C20H25ClN2O2. The van der Waals surface area contributed by atoms with E-state index in [2.05, 4.69) is 66.1 Å². The molecule has 1 saturated heterocycles. The molecule has 1 heterocycles. The summed E-state index contributed by atoms with van der Waals surface area (Å²) in [6.45, 7) is 4.81. The molecule has 1 aliphatic heterocycles. The highest BCUT2D eigenvalue weighted by Gasteiger charge is 2.16. The number of carbonyl (C=O) groups is 1. The summed E-state index contributed by atoms with van der Waals surface area (Å²) >= 11 is 0. The molecule has 1 aliphatic rings. The highest BCUT2D eigenvalue weighted by Crippen LogP contribution is 2.20. The fourth-order valence-corrected chi connectivity index (χ4v) is 2.89. The van der Waals surface area contributed by atoms with Crippen molar-refractivity contribution >= 4 is 18.3 Å². The largest absolute Gasteiger partial charge is 0.378 e. The van der Waals surface area contributed by atoms with Crippen molar-refractivity contribution in [1.29, 1.82) is 0 Å². The Hall–Kier alpha value is -1.88. The Labute approximate surface area is 155 Å². The van der Waals surface area contributed by atoms with Crippen molar-refractivity contribution < 1.29 is 9.53 Å². The van der Waals surface area contributed by atoms with Crippen LogP contribution in [-0.2, 0) is 16.1 Å². The zero-order chi connectivity index (χ0) is 16.8. The third-order valence-corrected chi connectivity index (χ3v) is 4.23. The number of carbonyl (C=O) groups excluding carboxylic acids is 1. The Morgan fingerprint density at radius 2 is 2.00 bits per heavy atom. The van der Waals surface area contributed by atoms with Gasteiger partial charge in [0, 0.05) is 25.6 Å². The third kappa shape index (κ3) is 5.85. The number of halogens is 1. The maximum absolute atomic E-state index is 12.0. The predicted molar refractivity (Wildman–Crippen MR) is 103 cm³/mol. The quantitative estimate of drug-likeness (QED) is 0.861. The molecular weight excluding hydrogens is 336 g/mol. The molecule has 0 spiro atoms. The van der Waals surface area contributed by atoms with Crippen LogP contribution in [0.1, 0.15) is 17.5 Å². The summed E-state index contributed by atoms with van der Waals surface area (Å²) < 4.78 is 5.37. The van der Waals surface area contributed by atoms with E-state index in [1.165, 1.54) is 16.7 Å². The van der Waals surface area contributed by atoms with Gasteiger partial charge in [0.15, 0.2) is 0 Å². The summed E-state index contributed by atoms with van der Waals surface area (Å²) in [5, 5.41) is 6.27.